The zero-order valence-electron chi connectivity index (χ0n) is 14.3. The van der Waals surface area contributed by atoms with Crippen molar-refractivity contribution in [2.45, 2.75) is 20.4 Å². The lowest BCUT2D eigenvalue weighted by molar-refractivity contribution is 0.0642. The van der Waals surface area contributed by atoms with E-state index in [0.717, 1.165) is 5.56 Å². The van der Waals surface area contributed by atoms with E-state index in [1.165, 1.54) is 4.90 Å². The normalized spacial score (nSPS) is 13.3. The van der Waals surface area contributed by atoms with Crippen molar-refractivity contribution in [3.8, 4) is 0 Å². The number of amides is 3. The predicted octanol–water partition coefficient (Wildman–Crippen LogP) is 2.87. The van der Waals surface area contributed by atoms with Crippen LogP contribution in [-0.2, 0) is 6.54 Å². The third kappa shape index (κ3) is 3.45. The fourth-order valence-corrected chi connectivity index (χ4v) is 2.73. The van der Waals surface area contributed by atoms with E-state index in [9.17, 15) is 14.4 Å². The van der Waals surface area contributed by atoms with Gasteiger partial charge in [0.15, 0.2) is 0 Å². The summed E-state index contributed by atoms with van der Waals surface area (Å²) >= 11 is 0. The number of rotatable bonds is 5. The number of carbonyl (C=O) groups excluding carboxylic acids is 3. The van der Waals surface area contributed by atoms with Crippen molar-refractivity contribution in [3.05, 3.63) is 70.8 Å². The van der Waals surface area contributed by atoms with Gasteiger partial charge in [0.2, 0.25) is 0 Å². The van der Waals surface area contributed by atoms with Crippen LogP contribution >= 0.6 is 0 Å². The molecule has 0 saturated carbocycles. The lowest BCUT2D eigenvalue weighted by Gasteiger charge is -2.14. The van der Waals surface area contributed by atoms with Crippen LogP contribution in [0.5, 0.6) is 0 Å². The minimum Gasteiger partial charge on any atom is -0.352 e. The highest BCUT2D eigenvalue weighted by molar-refractivity contribution is 6.21. The van der Waals surface area contributed by atoms with Crippen molar-refractivity contribution in [3.63, 3.8) is 0 Å². The summed E-state index contributed by atoms with van der Waals surface area (Å²) in [5.41, 5.74) is 2.25. The van der Waals surface area contributed by atoms with Crippen molar-refractivity contribution in [2.24, 2.45) is 5.92 Å². The Morgan fingerprint density at radius 2 is 1.52 bits per heavy atom. The van der Waals surface area contributed by atoms with Gasteiger partial charge in [0.05, 0.1) is 17.7 Å². The van der Waals surface area contributed by atoms with Gasteiger partial charge < -0.3 is 5.32 Å². The van der Waals surface area contributed by atoms with Gasteiger partial charge in [-0.05, 0) is 35.7 Å². The van der Waals surface area contributed by atoms with Gasteiger partial charge in [-0.15, -0.1) is 0 Å². The Bertz CT molecular complexity index is 790. The predicted molar refractivity (Wildman–Crippen MR) is 94.3 cm³/mol. The van der Waals surface area contributed by atoms with Crippen LogP contribution in [0, 0.1) is 5.92 Å². The van der Waals surface area contributed by atoms with Crippen LogP contribution in [0.3, 0.4) is 0 Å². The van der Waals surface area contributed by atoms with E-state index in [0.29, 0.717) is 29.2 Å². The van der Waals surface area contributed by atoms with E-state index in [2.05, 4.69) is 5.32 Å². The Balaban J connectivity index is 1.69. The third-order valence-electron chi connectivity index (χ3n) is 4.11. The van der Waals surface area contributed by atoms with Gasteiger partial charge in [0.25, 0.3) is 17.7 Å². The molecule has 3 amide bonds. The lowest BCUT2D eigenvalue weighted by Crippen LogP contribution is -2.29. The van der Waals surface area contributed by atoms with Crippen LogP contribution in [0.4, 0.5) is 0 Å². The number of carbonyl (C=O) groups is 3. The summed E-state index contributed by atoms with van der Waals surface area (Å²) in [4.78, 5) is 38.0. The highest BCUT2D eigenvalue weighted by atomic mass is 16.2. The Kier molecular flexibility index (Phi) is 4.65. The molecule has 2 aromatic carbocycles. The Morgan fingerprint density at radius 3 is 2.04 bits per heavy atom. The molecule has 128 valence electrons. The maximum atomic E-state index is 12.4. The van der Waals surface area contributed by atoms with Crippen molar-refractivity contribution in [1.29, 1.82) is 0 Å². The zero-order valence-corrected chi connectivity index (χ0v) is 14.3. The fraction of sp³-hybridized carbons (Fsp3) is 0.250. The quantitative estimate of drug-likeness (QED) is 0.854. The molecule has 25 heavy (non-hydrogen) atoms. The highest BCUT2D eigenvalue weighted by Crippen LogP contribution is 2.24. The second-order valence-electron chi connectivity index (χ2n) is 6.54. The Labute approximate surface area is 146 Å². The summed E-state index contributed by atoms with van der Waals surface area (Å²) in [7, 11) is 0. The second-order valence-corrected chi connectivity index (χ2v) is 6.54. The Morgan fingerprint density at radius 1 is 0.960 bits per heavy atom. The van der Waals surface area contributed by atoms with Crippen LogP contribution < -0.4 is 5.32 Å². The molecule has 5 heteroatoms. The number of hydrogen-bond donors (Lipinski definition) is 1. The summed E-state index contributed by atoms with van der Waals surface area (Å²) in [6.07, 6.45) is 0. The molecule has 0 bridgehead atoms. The van der Waals surface area contributed by atoms with E-state index in [1.807, 2.05) is 13.8 Å². The van der Waals surface area contributed by atoms with Crippen LogP contribution in [0.15, 0.2) is 48.5 Å². The molecule has 0 unspecified atom stereocenters. The molecule has 0 aliphatic carbocycles. The topological polar surface area (TPSA) is 66.5 Å². The van der Waals surface area contributed by atoms with Crippen molar-refractivity contribution >= 4 is 17.7 Å². The van der Waals surface area contributed by atoms with Gasteiger partial charge in [-0.3, -0.25) is 19.3 Å². The number of nitrogens with one attached hydrogen (secondary N) is 1. The van der Waals surface area contributed by atoms with Crippen LogP contribution in [0.2, 0.25) is 0 Å². The molecule has 0 radical (unpaired) electrons. The SMILES string of the molecule is CC(C)CNC(=O)c1ccc(CN2C(=O)c3ccccc3C2=O)cc1. The Hall–Kier alpha value is -2.95. The monoisotopic (exact) mass is 336 g/mol. The number of fused-ring (bicyclic) bond motifs is 1. The van der Waals surface area contributed by atoms with E-state index in [4.69, 9.17) is 0 Å². The molecular formula is C20H20N2O3. The van der Waals surface area contributed by atoms with Gasteiger partial charge >= 0.3 is 0 Å². The number of benzene rings is 2. The maximum absolute atomic E-state index is 12.4. The average Bonchev–Trinajstić information content (AvgIpc) is 2.85. The number of imide groups is 1. The van der Waals surface area contributed by atoms with Crippen LogP contribution in [0.25, 0.3) is 0 Å². The first-order valence-corrected chi connectivity index (χ1v) is 8.29. The fourth-order valence-electron chi connectivity index (χ4n) is 2.73. The van der Waals surface area contributed by atoms with Gasteiger partial charge in [-0.25, -0.2) is 0 Å². The highest BCUT2D eigenvalue weighted by Gasteiger charge is 2.34. The molecule has 2 aromatic rings. The standard InChI is InChI=1S/C20H20N2O3/c1-13(2)11-21-18(23)15-9-7-14(8-10-15)12-22-19(24)16-5-3-4-6-17(16)20(22)25/h3-10,13H,11-12H2,1-2H3,(H,21,23). The van der Waals surface area contributed by atoms with Crippen molar-refractivity contribution in [1.82, 2.24) is 10.2 Å². The summed E-state index contributed by atoms with van der Waals surface area (Å²) in [5.74, 6) is -0.295. The zero-order chi connectivity index (χ0) is 18.0. The second kappa shape index (κ2) is 6.89. The molecule has 1 N–H and O–H groups in total. The van der Waals surface area contributed by atoms with Crippen molar-refractivity contribution < 1.29 is 14.4 Å². The third-order valence-corrected chi connectivity index (χ3v) is 4.11. The minimum atomic E-state index is -0.278. The van der Waals surface area contributed by atoms with Gasteiger partial charge in [-0.1, -0.05) is 38.1 Å². The van der Waals surface area contributed by atoms with E-state index < -0.39 is 0 Å². The van der Waals surface area contributed by atoms with Gasteiger partial charge in [-0.2, -0.15) is 0 Å². The van der Waals surface area contributed by atoms with Gasteiger partial charge in [0.1, 0.15) is 0 Å². The molecule has 0 atom stereocenters. The van der Waals surface area contributed by atoms with Crippen LogP contribution in [0.1, 0.15) is 50.5 Å². The van der Waals surface area contributed by atoms with E-state index >= 15 is 0 Å². The summed E-state index contributed by atoms with van der Waals surface area (Å²) in [6.45, 7) is 4.88. The summed E-state index contributed by atoms with van der Waals surface area (Å²) in [5, 5.41) is 2.86. The first-order valence-electron chi connectivity index (χ1n) is 8.29. The molecule has 1 heterocycles. The largest absolute Gasteiger partial charge is 0.352 e. The van der Waals surface area contributed by atoms with Crippen LogP contribution in [-0.4, -0.2) is 29.2 Å². The van der Waals surface area contributed by atoms with E-state index in [-0.39, 0.29) is 24.3 Å². The molecular weight excluding hydrogens is 316 g/mol. The van der Waals surface area contributed by atoms with Crippen molar-refractivity contribution in [2.75, 3.05) is 6.54 Å². The average molecular weight is 336 g/mol. The first-order chi connectivity index (χ1) is 12.0. The van der Waals surface area contributed by atoms with E-state index in [1.54, 1.807) is 48.5 Å². The molecule has 1 aliphatic heterocycles. The van der Waals surface area contributed by atoms with Gasteiger partial charge in [0, 0.05) is 12.1 Å². The number of nitrogens with zero attached hydrogens (tertiary/aromatic N) is 1. The molecule has 0 spiro atoms. The minimum absolute atomic E-state index is 0.124. The lowest BCUT2D eigenvalue weighted by atomic mass is 10.1. The molecule has 0 aromatic heterocycles. The molecule has 0 saturated heterocycles. The first kappa shape index (κ1) is 16.9. The summed E-state index contributed by atoms with van der Waals surface area (Å²) < 4.78 is 0. The smallest absolute Gasteiger partial charge is 0.261 e. The number of hydrogen-bond acceptors (Lipinski definition) is 3. The maximum Gasteiger partial charge on any atom is 0.261 e. The molecule has 1 aliphatic rings. The molecule has 5 nitrogen and oxygen atoms in total. The molecule has 0 fully saturated rings. The summed E-state index contributed by atoms with van der Waals surface area (Å²) in [6, 6.07) is 13.8. The molecule has 3 rings (SSSR count).